The summed E-state index contributed by atoms with van der Waals surface area (Å²) in [6.45, 7) is 2.38. The summed E-state index contributed by atoms with van der Waals surface area (Å²) < 4.78 is 0. The van der Waals surface area contributed by atoms with Crippen LogP contribution in [0.4, 0.5) is 0 Å². The summed E-state index contributed by atoms with van der Waals surface area (Å²) in [4.78, 5) is 10.6. The average molecular weight is 739 g/mol. The summed E-state index contributed by atoms with van der Waals surface area (Å²) in [5.74, 6) is 0.701. The number of nitrogens with zero attached hydrogens (tertiary/aromatic N) is 2. The molecule has 1 heterocycles. The van der Waals surface area contributed by atoms with Gasteiger partial charge in [0, 0.05) is 22.1 Å². The van der Waals surface area contributed by atoms with Crippen molar-refractivity contribution in [2.75, 3.05) is 0 Å². The Morgan fingerprint density at radius 1 is 0.328 bits per heavy atom. The van der Waals surface area contributed by atoms with Crippen molar-refractivity contribution in [1.82, 2.24) is 9.97 Å². The van der Waals surface area contributed by atoms with Crippen LogP contribution in [0.25, 0.3) is 88.8 Å². The third kappa shape index (κ3) is 5.56. The first-order valence-electron chi connectivity index (χ1n) is 20.0. The van der Waals surface area contributed by atoms with Gasteiger partial charge in [-0.05, 0) is 96.7 Å². The van der Waals surface area contributed by atoms with E-state index in [2.05, 4.69) is 213 Å². The summed E-state index contributed by atoms with van der Waals surface area (Å²) >= 11 is 0. The van der Waals surface area contributed by atoms with Crippen LogP contribution in [0, 0.1) is 0 Å². The lowest BCUT2D eigenvalue weighted by atomic mass is 9.74. The molecule has 2 nitrogen and oxygen atoms in total. The Morgan fingerprint density at radius 3 is 1.69 bits per heavy atom. The molecule has 0 amide bonds. The van der Waals surface area contributed by atoms with Gasteiger partial charge in [0.25, 0.3) is 0 Å². The Balaban J connectivity index is 1.07. The molecule has 1 aliphatic carbocycles. The third-order valence-corrected chi connectivity index (χ3v) is 12.2. The lowest BCUT2D eigenvalue weighted by Gasteiger charge is -2.28. The van der Waals surface area contributed by atoms with Crippen LogP contribution in [0.15, 0.2) is 212 Å². The Bertz CT molecular complexity index is 3170. The second kappa shape index (κ2) is 13.7. The largest absolute Gasteiger partial charge is 0.228 e. The first kappa shape index (κ1) is 33.9. The smallest absolute Gasteiger partial charge is 0.160 e. The van der Waals surface area contributed by atoms with Gasteiger partial charge < -0.3 is 0 Å². The molecular formula is C56H38N2. The quantitative estimate of drug-likeness (QED) is 0.170. The molecular weight excluding hydrogens is 701 g/mol. The van der Waals surface area contributed by atoms with E-state index < -0.39 is 0 Å². The maximum Gasteiger partial charge on any atom is 0.160 e. The highest BCUT2D eigenvalue weighted by atomic mass is 14.9. The molecule has 58 heavy (non-hydrogen) atoms. The van der Waals surface area contributed by atoms with E-state index in [0.717, 1.165) is 39.0 Å². The van der Waals surface area contributed by atoms with Gasteiger partial charge in [0.15, 0.2) is 5.82 Å². The molecule has 9 aromatic carbocycles. The van der Waals surface area contributed by atoms with Crippen LogP contribution in [-0.4, -0.2) is 9.97 Å². The Labute approximate surface area is 338 Å². The van der Waals surface area contributed by atoms with Crippen LogP contribution < -0.4 is 0 Å². The van der Waals surface area contributed by atoms with Crippen LogP contribution in [0.1, 0.15) is 23.6 Å². The van der Waals surface area contributed by atoms with E-state index in [1.54, 1.807) is 0 Å². The fourth-order valence-electron chi connectivity index (χ4n) is 9.17. The van der Waals surface area contributed by atoms with Gasteiger partial charge in [-0.25, -0.2) is 9.97 Å². The SMILES string of the molecule is CC1(c2ccccc2)c2ccccc2-c2ccc(-c3ccc(-c4cc(-c5ccc6ccccc6c5)nc(-c5ccc(-c6ccccc6)cc5)n4)c4ccccc34)cc21. The number of benzene rings is 9. The van der Waals surface area contributed by atoms with Gasteiger partial charge in [-0.3, -0.25) is 0 Å². The van der Waals surface area contributed by atoms with Gasteiger partial charge in [0.1, 0.15) is 0 Å². The standard InChI is InChI=1S/C56H38N2/c1-56(44-18-6-3-7-19-44)51-23-13-12-22-48(51)49-31-30-42(35-52(49)56)45-32-33-50(47-21-11-10-20-46(45)47)54-36-53(43-29-26-38-16-8-9-17-41(38)34-43)57-55(58-54)40-27-24-39(25-28-40)37-14-4-2-5-15-37/h2-36H,1H3. The Hall–Kier alpha value is -7.42. The maximum absolute atomic E-state index is 5.33. The molecule has 1 aromatic heterocycles. The highest BCUT2D eigenvalue weighted by Crippen LogP contribution is 2.53. The second-order valence-electron chi connectivity index (χ2n) is 15.5. The van der Waals surface area contributed by atoms with E-state index in [1.807, 2.05) is 6.07 Å². The van der Waals surface area contributed by atoms with Crippen LogP contribution >= 0.6 is 0 Å². The van der Waals surface area contributed by atoms with Crippen LogP contribution in [0.2, 0.25) is 0 Å². The van der Waals surface area contributed by atoms with E-state index in [1.165, 1.54) is 60.7 Å². The monoisotopic (exact) mass is 738 g/mol. The number of hydrogen-bond acceptors (Lipinski definition) is 2. The Morgan fingerprint density at radius 2 is 0.879 bits per heavy atom. The van der Waals surface area contributed by atoms with E-state index >= 15 is 0 Å². The summed E-state index contributed by atoms with van der Waals surface area (Å²) in [7, 11) is 0. The lowest BCUT2D eigenvalue weighted by molar-refractivity contribution is 0.714. The van der Waals surface area contributed by atoms with Gasteiger partial charge in [-0.1, -0.05) is 194 Å². The molecule has 11 rings (SSSR count). The second-order valence-corrected chi connectivity index (χ2v) is 15.5. The highest BCUT2D eigenvalue weighted by Gasteiger charge is 2.40. The number of hydrogen-bond donors (Lipinski definition) is 0. The van der Waals surface area contributed by atoms with Crippen molar-refractivity contribution < 1.29 is 0 Å². The van der Waals surface area contributed by atoms with Gasteiger partial charge in [-0.2, -0.15) is 0 Å². The first-order valence-corrected chi connectivity index (χ1v) is 20.0. The molecule has 0 saturated heterocycles. The molecule has 1 atom stereocenters. The molecule has 0 saturated carbocycles. The fraction of sp³-hybridized carbons (Fsp3) is 0.0357. The normalized spacial score (nSPS) is 14.4. The van der Waals surface area contributed by atoms with Crippen molar-refractivity contribution in [1.29, 1.82) is 0 Å². The molecule has 272 valence electrons. The minimum absolute atomic E-state index is 0.269. The van der Waals surface area contributed by atoms with Crippen molar-refractivity contribution in [3.05, 3.63) is 229 Å². The minimum Gasteiger partial charge on any atom is -0.228 e. The molecule has 0 aliphatic heterocycles. The maximum atomic E-state index is 5.33. The zero-order valence-electron chi connectivity index (χ0n) is 32.1. The average Bonchev–Trinajstić information content (AvgIpc) is 3.56. The molecule has 0 spiro atoms. The minimum atomic E-state index is -0.269. The molecule has 1 aliphatic rings. The van der Waals surface area contributed by atoms with Crippen LogP contribution in [0.3, 0.4) is 0 Å². The molecule has 0 fully saturated rings. The summed E-state index contributed by atoms with van der Waals surface area (Å²) in [6.07, 6.45) is 0. The molecule has 1 unspecified atom stereocenters. The Kier molecular flexibility index (Phi) is 7.97. The van der Waals surface area contributed by atoms with Crippen molar-refractivity contribution in [2.24, 2.45) is 0 Å². The predicted molar refractivity (Wildman–Crippen MR) is 242 cm³/mol. The van der Waals surface area contributed by atoms with E-state index in [0.29, 0.717) is 5.82 Å². The molecule has 10 aromatic rings. The van der Waals surface area contributed by atoms with Gasteiger partial charge >= 0.3 is 0 Å². The van der Waals surface area contributed by atoms with Crippen molar-refractivity contribution in [3.8, 4) is 67.3 Å². The molecule has 0 N–H and O–H groups in total. The molecule has 0 radical (unpaired) electrons. The van der Waals surface area contributed by atoms with Crippen molar-refractivity contribution in [3.63, 3.8) is 0 Å². The number of rotatable bonds is 6. The topological polar surface area (TPSA) is 25.8 Å². The summed E-state index contributed by atoms with van der Waals surface area (Å²) in [6, 6.07) is 76.5. The van der Waals surface area contributed by atoms with Crippen LogP contribution in [-0.2, 0) is 5.41 Å². The van der Waals surface area contributed by atoms with E-state index in [4.69, 9.17) is 9.97 Å². The van der Waals surface area contributed by atoms with E-state index in [9.17, 15) is 0 Å². The van der Waals surface area contributed by atoms with Gasteiger partial charge in [0.2, 0.25) is 0 Å². The summed E-state index contributed by atoms with van der Waals surface area (Å²) in [5.41, 5.74) is 16.0. The molecule has 0 bridgehead atoms. The fourth-order valence-corrected chi connectivity index (χ4v) is 9.17. The van der Waals surface area contributed by atoms with Gasteiger partial charge in [-0.15, -0.1) is 0 Å². The zero-order valence-corrected chi connectivity index (χ0v) is 32.1. The first-order chi connectivity index (χ1) is 28.6. The number of aromatic nitrogens is 2. The van der Waals surface area contributed by atoms with Crippen LogP contribution in [0.5, 0.6) is 0 Å². The van der Waals surface area contributed by atoms with Gasteiger partial charge in [0.05, 0.1) is 11.4 Å². The lowest BCUT2D eigenvalue weighted by Crippen LogP contribution is -2.22. The number of fused-ring (bicyclic) bond motifs is 5. The van der Waals surface area contributed by atoms with E-state index in [-0.39, 0.29) is 5.41 Å². The summed E-state index contributed by atoms with van der Waals surface area (Å²) in [5, 5.41) is 4.74. The third-order valence-electron chi connectivity index (χ3n) is 12.2. The molecule has 2 heteroatoms. The zero-order chi connectivity index (χ0) is 38.6. The predicted octanol–water partition coefficient (Wildman–Crippen LogP) is 14.5. The van der Waals surface area contributed by atoms with Crippen molar-refractivity contribution >= 4 is 21.5 Å². The highest BCUT2D eigenvalue weighted by molar-refractivity contribution is 6.05. The van der Waals surface area contributed by atoms with Crippen molar-refractivity contribution in [2.45, 2.75) is 12.3 Å².